The quantitative estimate of drug-likeness (QED) is 0.618. The van der Waals surface area contributed by atoms with Crippen LogP contribution in [0.25, 0.3) is 16.2 Å². The van der Waals surface area contributed by atoms with E-state index < -0.39 is 0 Å². The van der Waals surface area contributed by atoms with Crippen molar-refractivity contribution in [2.45, 2.75) is 6.04 Å². The number of benzene rings is 1. The summed E-state index contributed by atoms with van der Waals surface area (Å²) >= 11 is 7.76. The van der Waals surface area contributed by atoms with Gasteiger partial charge in [0.1, 0.15) is 5.01 Å². The lowest BCUT2D eigenvalue weighted by molar-refractivity contribution is 0.807. The van der Waals surface area contributed by atoms with Crippen LogP contribution in [-0.4, -0.2) is 19.6 Å². The third-order valence-electron chi connectivity index (χ3n) is 3.58. The molecule has 5 nitrogen and oxygen atoms in total. The fourth-order valence-corrected chi connectivity index (χ4v) is 3.54. The van der Waals surface area contributed by atoms with Crippen LogP contribution in [0.1, 0.15) is 16.6 Å². The molecule has 1 aromatic carbocycles. The van der Waals surface area contributed by atoms with Crippen molar-refractivity contribution in [1.82, 2.24) is 19.6 Å². The highest BCUT2D eigenvalue weighted by molar-refractivity contribution is 7.16. The first-order valence-corrected chi connectivity index (χ1v) is 8.18. The van der Waals surface area contributed by atoms with Crippen molar-refractivity contribution in [1.29, 1.82) is 0 Å². The van der Waals surface area contributed by atoms with Gasteiger partial charge in [0.25, 0.3) is 0 Å². The number of halogens is 1. The minimum atomic E-state index is -0.302. The fourth-order valence-electron chi connectivity index (χ4n) is 2.40. The summed E-state index contributed by atoms with van der Waals surface area (Å²) in [5.41, 5.74) is 9.04. The first-order valence-electron chi connectivity index (χ1n) is 6.99. The molecule has 114 valence electrons. The molecule has 2 N–H and O–H groups in total. The van der Waals surface area contributed by atoms with Gasteiger partial charge in [-0.3, -0.25) is 4.98 Å². The summed E-state index contributed by atoms with van der Waals surface area (Å²) in [5, 5.41) is 6.10. The average molecular weight is 342 g/mol. The number of nitrogens with zero attached hydrogens (tertiary/aromatic N) is 4. The number of hydrogen-bond donors (Lipinski definition) is 1. The lowest BCUT2D eigenvalue weighted by atomic mass is 10.1. The third-order valence-corrected chi connectivity index (χ3v) is 4.92. The predicted molar refractivity (Wildman–Crippen MR) is 91.6 cm³/mol. The van der Waals surface area contributed by atoms with E-state index in [2.05, 4.69) is 15.1 Å². The Balaban J connectivity index is 1.80. The second-order valence-corrected chi connectivity index (χ2v) is 6.41. The number of imidazole rings is 1. The highest BCUT2D eigenvalue weighted by atomic mass is 35.5. The van der Waals surface area contributed by atoms with E-state index in [1.165, 1.54) is 11.3 Å². The van der Waals surface area contributed by atoms with E-state index in [-0.39, 0.29) is 6.04 Å². The van der Waals surface area contributed by atoms with Crippen LogP contribution in [0.15, 0.2) is 55.0 Å². The second-order valence-electron chi connectivity index (χ2n) is 5.02. The van der Waals surface area contributed by atoms with Crippen LogP contribution in [0.3, 0.4) is 0 Å². The Labute approximate surface area is 141 Å². The predicted octanol–water partition coefficient (Wildman–Crippen LogP) is 3.55. The molecule has 7 heteroatoms. The SMILES string of the molecule is NC(c1ccncc1)c1nn2c(-c3ccccc3Cl)cnc2s1. The first kappa shape index (κ1) is 14.3. The van der Waals surface area contributed by atoms with Crippen molar-refractivity contribution in [3.63, 3.8) is 0 Å². The molecule has 1 atom stereocenters. The topological polar surface area (TPSA) is 69.1 Å². The third kappa shape index (κ3) is 2.50. The van der Waals surface area contributed by atoms with E-state index in [4.69, 9.17) is 17.3 Å². The van der Waals surface area contributed by atoms with E-state index in [1.54, 1.807) is 23.1 Å². The van der Waals surface area contributed by atoms with Crippen LogP contribution < -0.4 is 5.73 Å². The molecule has 0 bridgehead atoms. The van der Waals surface area contributed by atoms with Gasteiger partial charge in [0.2, 0.25) is 4.96 Å². The van der Waals surface area contributed by atoms with Gasteiger partial charge in [0, 0.05) is 18.0 Å². The monoisotopic (exact) mass is 341 g/mol. The molecule has 0 fully saturated rings. The molecule has 0 aliphatic heterocycles. The smallest absolute Gasteiger partial charge is 0.212 e. The summed E-state index contributed by atoms with van der Waals surface area (Å²) in [5.74, 6) is 0. The summed E-state index contributed by atoms with van der Waals surface area (Å²) in [6.45, 7) is 0. The lowest BCUT2D eigenvalue weighted by Gasteiger charge is -2.07. The lowest BCUT2D eigenvalue weighted by Crippen LogP contribution is -2.12. The molecule has 0 amide bonds. The van der Waals surface area contributed by atoms with Crippen molar-refractivity contribution in [2.75, 3.05) is 0 Å². The van der Waals surface area contributed by atoms with Crippen molar-refractivity contribution < 1.29 is 0 Å². The Kier molecular flexibility index (Phi) is 3.57. The summed E-state index contributed by atoms with van der Waals surface area (Å²) < 4.78 is 1.79. The molecule has 0 radical (unpaired) electrons. The van der Waals surface area contributed by atoms with Crippen LogP contribution in [0.4, 0.5) is 0 Å². The Morgan fingerprint density at radius 2 is 1.91 bits per heavy atom. The molecule has 0 spiro atoms. The summed E-state index contributed by atoms with van der Waals surface area (Å²) in [6.07, 6.45) is 5.23. The summed E-state index contributed by atoms with van der Waals surface area (Å²) in [6, 6.07) is 11.1. The molecular weight excluding hydrogens is 330 g/mol. The van der Waals surface area contributed by atoms with E-state index in [1.807, 2.05) is 36.4 Å². The van der Waals surface area contributed by atoms with E-state index in [9.17, 15) is 0 Å². The minimum absolute atomic E-state index is 0.302. The van der Waals surface area contributed by atoms with Crippen LogP contribution >= 0.6 is 22.9 Å². The van der Waals surface area contributed by atoms with Crippen LogP contribution in [0.2, 0.25) is 5.02 Å². The minimum Gasteiger partial charge on any atom is -0.318 e. The number of aromatic nitrogens is 4. The molecule has 0 saturated heterocycles. The molecule has 3 aromatic heterocycles. The van der Waals surface area contributed by atoms with Gasteiger partial charge in [0.15, 0.2) is 0 Å². The number of pyridine rings is 1. The molecule has 0 saturated carbocycles. The first-order chi connectivity index (χ1) is 11.2. The fraction of sp³-hybridized carbons (Fsp3) is 0.0625. The van der Waals surface area contributed by atoms with Gasteiger partial charge in [-0.2, -0.15) is 5.10 Å². The van der Waals surface area contributed by atoms with Gasteiger partial charge in [-0.1, -0.05) is 41.1 Å². The van der Waals surface area contributed by atoms with E-state index in [0.717, 1.165) is 26.8 Å². The van der Waals surface area contributed by atoms with Gasteiger partial charge >= 0.3 is 0 Å². The molecule has 3 heterocycles. The molecule has 0 aliphatic rings. The maximum absolute atomic E-state index is 6.31. The van der Waals surface area contributed by atoms with Gasteiger partial charge < -0.3 is 5.73 Å². The van der Waals surface area contributed by atoms with Crippen molar-refractivity contribution in [3.05, 3.63) is 70.6 Å². The Hall–Kier alpha value is -2.28. The Morgan fingerprint density at radius 1 is 1.13 bits per heavy atom. The zero-order chi connectivity index (χ0) is 15.8. The number of hydrogen-bond acceptors (Lipinski definition) is 5. The number of nitrogens with two attached hydrogens (primary N) is 1. The van der Waals surface area contributed by atoms with Gasteiger partial charge in [-0.25, -0.2) is 9.50 Å². The van der Waals surface area contributed by atoms with Gasteiger partial charge in [-0.15, -0.1) is 0 Å². The number of fused-ring (bicyclic) bond motifs is 1. The van der Waals surface area contributed by atoms with Crippen molar-refractivity contribution >= 4 is 27.9 Å². The van der Waals surface area contributed by atoms with E-state index >= 15 is 0 Å². The van der Waals surface area contributed by atoms with Gasteiger partial charge in [-0.05, 0) is 23.8 Å². The second kappa shape index (κ2) is 5.73. The number of rotatable bonds is 3. The zero-order valence-electron chi connectivity index (χ0n) is 11.9. The summed E-state index contributed by atoms with van der Waals surface area (Å²) in [4.78, 5) is 9.23. The average Bonchev–Trinajstić information content (AvgIpc) is 3.16. The summed E-state index contributed by atoms with van der Waals surface area (Å²) in [7, 11) is 0. The Morgan fingerprint density at radius 3 is 2.70 bits per heavy atom. The molecule has 23 heavy (non-hydrogen) atoms. The van der Waals surface area contributed by atoms with Crippen molar-refractivity contribution in [3.8, 4) is 11.3 Å². The Bertz CT molecular complexity index is 963. The maximum atomic E-state index is 6.31. The van der Waals surface area contributed by atoms with E-state index in [0.29, 0.717) is 5.02 Å². The molecule has 1 unspecified atom stereocenters. The van der Waals surface area contributed by atoms with Crippen molar-refractivity contribution in [2.24, 2.45) is 5.73 Å². The normalized spacial score (nSPS) is 12.6. The molecule has 4 aromatic rings. The van der Waals surface area contributed by atoms with Crippen LogP contribution in [0.5, 0.6) is 0 Å². The maximum Gasteiger partial charge on any atom is 0.212 e. The highest BCUT2D eigenvalue weighted by Gasteiger charge is 2.18. The van der Waals surface area contributed by atoms with Crippen LogP contribution in [0, 0.1) is 0 Å². The highest BCUT2D eigenvalue weighted by Crippen LogP contribution is 2.31. The van der Waals surface area contributed by atoms with Gasteiger partial charge in [0.05, 0.1) is 23.0 Å². The standard InChI is InChI=1S/C16H12ClN5S/c17-12-4-2-1-3-11(12)13-9-20-16-22(13)21-15(23-16)14(18)10-5-7-19-8-6-10/h1-9,14H,18H2. The van der Waals surface area contributed by atoms with Crippen LogP contribution in [-0.2, 0) is 0 Å². The molecule has 4 rings (SSSR count). The largest absolute Gasteiger partial charge is 0.318 e. The molecule has 0 aliphatic carbocycles. The zero-order valence-corrected chi connectivity index (χ0v) is 13.5. The molecular formula is C16H12ClN5S.